The minimum Gasteiger partial charge on any atom is -0.497 e. The van der Waals surface area contributed by atoms with Gasteiger partial charge >= 0.3 is 0 Å². The number of carbonyl (C=O) groups is 2. The maximum atomic E-state index is 13.7. The number of rotatable bonds is 7. The third-order valence-electron chi connectivity index (χ3n) is 6.86. The quantitative estimate of drug-likeness (QED) is 0.432. The number of hydrogen-bond acceptors (Lipinski definition) is 3. The number of methoxy groups -OCH3 is 1. The Morgan fingerprint density at radius 3 is 2.34 bits per heavy atom. The molecule has 0 saturated heterocycles. The largest absolute Gasteiger partial charge is 0.497 e. The van der Waals surface area contributed by atoms with Gasteiger partial charge in [0.15, 0.2) is 0 Å². The standard InChI is InChI=1S/C29H29N3O3/c1-4-19-9-11-20(12-10-19)17-30-25(33)18-32-27(21-13-15-22(35-3)16-14-21)26-23-7-5-6-8-24(23)31(2)28(26)29(32)34/h5-16,27H,4,17-18H2,1-3H3,(H,30,33)/t27-/m1/s1. The van der Waals surface area contributed by atoms with Crippen LogP contribution in [0.15, 0.2) is 72.8 Å². The molecule has 0 saturated carbocycles. The van der Waals surface area contributed by atoms with Crippen molar-refractivity contribution in [1.82, 2.24) is 14.8 Å². The highest BCUT2D eigenvalue weighted by Crippen LogP contribution is 2.43. The van der Waals surface area contributed by atoms with Gasteiger partial charge in [-0.25, -0.2) is 0 Å². The number of carbonyl (C=O) groups excluding carboxylic acids is 2. The molecule has 0 fully saturated rings. The first kappa shape index (κ1) is 22.7. The molecule has 2 amide bonds. The number of benzene rings is 3. The highest BCUT2D eigenvalue weighted by molar-refractivity contribution is 6.07. The molecule has 4 aromatic rings. The fourth-order valence-corrected chi connectivity index (χ4v) is 4.97. The summed E-state index contributed by atoms with van der Waals surface area (Å²) < 4.78 is 7.27. The minimum atomic E-state index is -0.357. The Morgan fingerprint density at radius 1 is 0.971 bits per heavy atom. The topological polar surface area (TPSA) is 63.6 Å². The summed E-state index contributed by atoms with van der Waals surface area (Å²) in [5.41, 5.74) is 5.82. The van der Waals surface area contributed by atoms with Crippen LogP contribution in [0.4, 0.5) is 0 Å². The van der Waals surface area contributed by atoms with Gasteiger partial charge in [-0.2, -0.15) is 0 Å². The van der Waals surface area contributed by atoms with Crippen LogP contribution in [0, 0.1) is 0 Å². The van der Waals surface area contributed by atoms with Crippen molar-refractivity contribution < 1.29 is 14.3 Å². The zero-order valence-corrected chi connectivity index (χ0v) is 20.2. The molecule has 3 aromatic carbocycles. The van der Waals surface area contributed by atoms with Crippen molar-refractivity contribution in [3.63, 3.8) is 0 Å². The van der Waals surface area contributed by atoms with Crippen molar-refractivity contribution in [2.45, 2.75) is 25.9 Å². The molecular formula is C29H29N3O3. The van der Waals surface area contributed by atoms with E-state index in [1.165, 1.54) is 5.56 Å². The maximum Gasteiger partial charge on any atom is 0.272 e. The normalized spacial score (nSPS) is 14.9. The summed E-state index contributed by atoms with van der Waals surface area (Å²) in [6, 6.07) is 23.6. The molecule has 1 aromatic heterocycles. The van der Waals surface area contributed by atoms with E-state index in [2.05, 4.69) is 24.4 Å². The molecule has 178 valence electrons. The summed E-state index contributed by atoms with van der Waals surface area (Å²) in [6.07, 6.45) is 0.978. The van der Waals surface area contributed by atoms with E-state index >= 15 is 0 Å². The minimum absolute atomic E-state index is 0.0222. The second-order valence-corrected chi connectivity index (χ2v) is 8.89. The van der Waals surface area contributed by atoms with E-state index in [-0.39, 0.29) is 24.4 Å². The zero-order chi connectivity index (χ0) is 24.5. The van der Waals surface area contributed by atoms with Crippen molar-refractivity contribution in [3.8, 4) is 5.75 Å². The molecule has 0 unspecified atom stereocenters. The van der Waals surface area contributed by atoms with Gasteiger partial charge in [0.1, 0.15) is 18.0 Å². The highest BCUT2D eigenvalue weighted by atomic mass is 16.5. The molecular weight excluding hydrogens is 438 g/mol. The van der Waals surface area contributed by atoms with Crippen molar-refractivity contribution >= 4 is 22.7 Å². The fraction of sp³-hybridized carbons (Fsp3) is 0.241. The van der Waals surface area contributed by atoms with Crippen molar-refractivity contribution in [2.24, 2.45) is 7.05 Å². The number of nitrogens with zero attached hydrogens (tertiary/aromatic N) is 2. The summed E-state index contributed by atoms with van der Waals surface area (Å²) in [4.78, 5) is 28.4. The third-order valence-corrected chi connectivity index (χ3v) is 6.86. The number of fused-ring (bicyclic) bond motifs is 3. The van der Waals surface area contributed by atoms with Crippen LogP contribution in [0.3, 0.4) is 0 Å². The fourth-order valence-electron chi connectivity index (χ4n) is 4.97. The van der Waals surface area contributed by atoms with Crippen LogP contribution in [0.2, 0.25) is 0 Å². The van der Waals surface area contributed by atoms with Gasteiger partial charge in [-0.05, 0) is 41.3 Å². The molecule has 0 bridgehead atoms. The monoisotopic (exact) mass is 467 g/mol. The Morgan fingerprint density at radius 2 is 1.66 bits per heavy atom. The van der Waals surface area contributed by atoms with E-state index in [1.807, 2.05) is 72.3 Å². The summed E-state index contributed by atoms with van der Waals surface area (Å²) >= 11 is 0. The van der Waals surface area contributed by atoms with Gasteiger partial charge in [0, 0.05) is 30.1 Å². The van der Waals surface area contributed by atoms with E-state index in [0.29, 0.717) is 12.2 Å². The zero-order valence-electron chi connectivity index (χ0n) is 20.2. The number of para-hydroxylation sites is 1. The van der Waals surface area contributed by atoms with Gasteiger partial charge in [-0.1, -0.05) is 61.5 Å². The van der Waals surface area contributed by atoms with Crippen LogP contribution in [0.25, 0.3) is 10.9 Å². The Kier molecular flexibility index (Phi) is 6.03. The number of hydrogen-bond donors (Lipinski definition) is 1. The second kappa shape index (κ2) is 9.29. The van der Waals surface area contributed by atoms with Crippen LogP contribution in [0.1, 0.15) is 45.7 Å². The van der Waals surface area contributed by atoms with Gasteiger partial charge in [0.25, 0.3) is 5.91 Å². The molecule has 1 N–H and O–H groups in total. The molecule has 1 aliphatic rings. The Bertz CT molecular complexity index is 1390. The lowest BCUT2D eigenvalue weighted by Gasteiger charge is -2.26. The predicted octanol–water partition coefficient (Wildman–Crippen LogP) is 4.61. The van der Waals surface area contributed by atoms with Crippen LogP contribution < -0.4 is 10.1 Å². The summed E-state index contributed by atoms with van der Waals surface area (Å²) in [5.74, 6) is 0.421. The smallest absolute Gasteiger partial charge is 0.272 e. The lowest BCUT2D eigenvalue weighted by molar-refractivity contribution is -0.122. The average Bonchev–Trinajstić information content (AvgIpc) is 3.35. The number of nitrogens with one attached hydrogen (secondary N) is 1. The third kappa shape index (κ3) is 4.05. The van der Waals surface area contributed by atoms with Gasteiger partial charge in [-0.3, -0.25) is 9.59 Å². The van der Waals surface area contributed by atoms with Gasteiger partial charge in [0.2, 0.25) is 5.91 Å². The average molecular weight is 468 g/mol. The molecule has 0 spiro atoms. The van der Waals surface area contributed by atoms with Gasteiger partial charge in [0.05, 0.1) is 13.2 Å². The molecule has 5 rings (SSSR count). The second-order valence-electron chi connectivity index (χ2n) is 8.89. The molecule has 6 nitrogen and oxygen atoms in total. The van der Waals surface area contributed by atoms with E-state index in [0.717, 1.165) is 39.8 Å². The lowest BCUT2D eigenvalue weighted by atomic mass is 9.98. The highest BCUT2D eigenvalue weighted by Gasteiger charge is 2.42. The first-order valence-corrected chi connectivity index (χ1v) is 11.9. The Balaban J connectivity index is 1.45. The summed E-state index contributed by atoms with van der Waals surface area (Å²) in [5, 5.41) is 4.01. The molecule has 6 heteroatoms. The van der Waals surface area contributed by atoms with Gasteiger partial charge in [-0.15, -0.1) is 0 Å². The van der Waals surface area contributed by atoms with E-state index in [1.54, 1.807) is 12.0 Å². The number of amides is 2. The molecule has 1 aliphatic heterocycles. The summed E-state index contributed by atoms with van der Waals surface area (Å²) in [7, 11) is 3.54. The molecule has 2 heterocycles. The predicted molar refractivity (Wildman–Crippen MR) is 136 cm³/mol. The van der Waals surface area contributed by atoms with Crippen molar-refractivity contribution in [3.05, 3.63) is 101 Å². The molecule has 1 atom stereocenters. The van der Waals surface area contributed by atoms with Crippen molar-refractivity contribution in [2.75, 3.05) is 13.7 Å². The van der Waals surface area contributed by atoms with Crippen LogP contribution in [-0.4, -0.2) is 34.9 Å². The van der Waals surface area contributed by atoms with E-state index < -0.39 is 0 Å². The number of aromatic nitrogens is 1. The van der Waals surface area contributed by atoms with Crippen LogP contribution in [-0.2, 0) is 24.8 Å². The van der Waals surface area contributed by atoms with E-state index in [4.69, 9.17) is 4.74 Å². The molecule has 0 aliphatic carbocycles. The lowest BCUT2D eigenvalue weighted by Crippen LogP contribution is -2.39. The Labute approximate surface area is 205 Å². The first-order valence-electron chi connectivity index (χ1n) is 11.9. The number of aryl methyl sites for hydroxylation is 2. The Hall–Kier alpha value is -4.06. The van der Waals surface area contributed by atoms with Crippen LogP contribution in [0.5, 0.6) is 5.75 Å². The summed E-state index contributed by atoms with van der Waals surface area (Å²) in [6.45, 7) is 2.52. The molecule has 0 radical (unpaired) electrons. The SMILES string of the molecule is CCc1ccc(CNC(=O)CN2C(=O)c3c(c4ccccc4n3C)[C@H]2c2ccc(OC)cc2)cc1. The first-order chi connectivity index (χ1) is 17.0. The van der Waals surface area contributed by atoms with E-state index in [9.17, 15) is 9.59 Å². The molecule has 35 heavy (non-hydrogen) atoms. The van der Waals surface area contributed by atoms with Crippen molar-refractivity contribution in [1.29, 1.82) is 0 Å². The number of ether oxygens (including phenoxy) is 1. The van der Waals surface area contributed by atoms with Crippen LogP contribution >= 0.6 is 0 Å². The maximum absolute atomic E-state index is 13.7. The van der Waals surface area contributed by atoms with Gasteiger partial charge < -0.3 is 19.5 Å².